The summed E-state index contributed by atoms with van der Waals surface area (Å²) in [7, 11) is 0. The summed E-state index contributed by atoms with van der Waals surface area (Å²) < 4.78 is 11.4. The average Bonchev–Trinajstić information content (AvgIpc) is 3.23. The quantitative estimate of drug-likeness (QED) is 0.0337. The Balaban J connectivity index is 2.07. The first kappa shape index (κ1) is 54.7. The maximum absolute atomic E-state index is 14.5. The maximum Gasteiger partial charge on any atom is 0.303 e. The van der Waals surface area contributed by atoms with Crippen LogP contribution in [0.25, 0.3) is 0 Å². The number of ether oxygens (including phenoxy) is 2. The van der Waals surface area contributed by atoms with Crippen molar-refractivity contribution in [2.75, 3.05) is 32.1 Å². The monoisotopic (exact) mass is 873 g/mol. The van der Waals surface area contributed by atoms with Gasteiger partial charge in [-0.3, -0.25) is 14.4 Å². The highest BCUT2D eigenvalue weighted by molar-refractivity contribution is 8.00. The molecule has 2 fully saturated rings. The SMILES string of the molecule is CCCCCCCCCCCCCCC(CCCCCCCCCCCCCC)CN1CCCSC(CCC(=O)O)C(=O)N[C@H](COC2OC(CO)C(O)C(O)C2O)C1=O. The van der Waals surface area contributed by atoms with Gasteiger partial charge >= 0.3 is 5.97 Å². The van der Waals surface area contributed by atoms with E-state index in [1.165, 1.54) is 153 Å². The van der Waals surface area contributed by atoms with Crippen LogP contribution in [0.2, 0.25) is 0 Å². The first-order valence-corrected chi connectivity index (χ1v) is 25.5. The number of unbranched alkanes of at least 4 members (excludes halogenated alkanes) is 22. The standard InChI is InChI=1S/C47H88N2O10S/c1-3-5-7-9-11-13-15-17-19-21-23-25-28-37(29-26-24-22-20-18-16-14-12-10-8-6-4-2)34-49-32-27-33-60-40(30-31-41(51)52)45(56)48-38(46(49)57)36-58-47-44(55)43(54)42(53)39(35-50)59-47/h37-40,42-44,47,50,53-55H,3-36H2,1-2H3,(H,48,56)(H,51,52)/t38-,39?,40?,42?,43?,44?,47?/m1/s1. The van der Waals surface area contributed by atoms with Gasteiger partial charge in [-0.25, -0.2) is 0 Å². The molecule has 0 aromatic heterocycles. The minimum atomic E-state index is -1.65. The Labute approximate surface area is 368 Å². The number of hydrogen-bond donors (Lipinski definition) is 6. The molecule has 0 aromatic rings. The second kappa shape index (κ2) is 34.9. The lowest BCUT2D eigenvalue weighted by Crippen LogP contribution is -2.60. The van der Waals surface area contributed by atoms with Gasteiger partial charge in [0.25, 0.3) is 0 Å². The number of carboxylic acids is 1. The summed E-state index contributed by atoms with van der Waals surface area (Å²) in [6.45, 7) is 4.55. The van der Waals surface area contributed by atoms with Crippen LogP contribution in [0.15, 0.2) is 0 Å². The van der Waals surface area contributed by atoms with Crippen LogP contribution in [-0.2, 0) is 23.9 Å². The van der Waals surface area contributed by atoms with E-state index in [1.54, 1.807) is 0 Å². The van der Waals surface area contributed by atoms with E-state index in [0.29, 0.717) is 31.2 Å². The van der Waals surface area contributed by atoms with Crippen molar-refractivity contribution in [3.63, 3.8) is 0 Å². The molecule has 13 heteroatoms. The molecule has 0 bridgehead atoms. The zero-order chi connectivity index (χ0) is 43.8. The molecule has 0 aromatic carbocycles. The van der Waals surface area contributed by atoms with Crippen LogP contribution in [0.5, 0.6) is 0 Å². The number of rotatable bonds is 35. The lowest BCUT2D eigenvalue weighted by molar-refractivity contribution is -0.301. The van der Waals surface area contributed by atoms with Crippen LogP contribution < -0.4 is 5.32 Å². The summed E-state index contributed by atoms with van der Waals surface area (Å²) in [4.78, 5) is 41.3. The van der Waals surface area contributed by atoms with Gasteiger partial charge in [0, 0.05) is 19.5 Å². The normalized spacial score (nSPS) is 24.2. The Morgan fingerprint density at radius 3 is 1.70 bits per heavy atom. The third-order valence-corrected chi connectivity index (χ3v) is 13.8. The minimum Gasteiger partial charge on any atom is -0.481 e. The molecule has 60 heavy (non-hydrogen) atoms. The summed E-state index contributed by atoms with van der Waals surface area (Å²) in [6.07, 6.45) is 26.0. The van der Waals surface area contributed by atoms with Gasteiger partial charge in [0.05, 0.1) is 18.5 Å². The van der Waals surface area contributed by atoms with Crippen molar-refractivity contribution in [1.29, 1.82) is 0 Å². The third-order valence-electron chi connectivity index (χ3n) is 12.4. The van der Waals surface area contributed by atoms with E-state index in [9.17, 15) is 39.9 Å². The molecule has 7 atom stereocenters. The number of nitrogens with zero attached hydrogens (tertiary/aromatic N) is 1. The van der Waals surface area contributed by atoms with E-state index in [2.05, 4.69) is 19.2 Å². The Morgan fingerprint density at radius 1 is 0.750 bits per heavy atom. The van der Waals surface area contributed by atoms with E-state index < -0.39 is 60.5 Å². The number of carbonyl (C=O) groups excluding carboxylic acids is 2. The van der Waals surface area contributed by atoms with Crippen LogP contribution in [-0.4, -0.2) is 122 Å². The highest BCUT2D eigenvalue weighted by Crippen LogP contribution is 2.26. The van der Waals surface area contributed by atoms with E-state index >= 15 is 0 Å². The molecule has 2 aliphatic heterocycles. The summed E-state index contributed by atoms with van der Waals surface area (Å²) in [5.74, 6) is -0.857. The molecular formula is C47H88N2O10S. The molecule has 2 rings (SSSR count). The minimum absolute atomic E-state index is 0.115. The Kier molecular flexibility index (Phi) is 31.8. The van der Waals surface area contributed by atoms with E-state index in [1.807, 2.05) is 4.90 Å². The van der Waals surface area contributed by atoms with Gasteiger partial charge in [-0.05, 0) is 37.4 Å². The lowest BCUT2D eigenvalue weighted by atomic mass is 9.93. The van der Waals surface area contributed by atoms with Crippen LogP contribution in [0.1, 0.15) is 200 Å². The number of carbonyl (C=O) groups is 3. The molecule has 2 aliphatic rings. The fourth-order valence-electron chi connectivity index (χ4n) is 8.56. The first-order chi connectivity index (χ1) is 29.1. The zero-order valence-corrected chi connectivity index (χ0v) is 38.6. The number of aliphatic hydroxyl groups excluding tert-OH is 4. The van der Waals surface area contributed by atoms with Gasteiger partial charge in [0.15, 0.2) is 6.29 Å². The molecule has 12 nitrogen and oxygen atoms in total. The van der Waals surface area contributed by atoms with E-state index in [0.717, 1.165) is 25.7 Å². The molecule has 0 spiro atoms. The largest absolute Gasteiger partial charge is 0.481 e. The third kappa shape index (κ3) is 23.8. The van der Waals surface area contributed by atoms with Crippen LogP contribution in [0.4, 0.5) is 0 Å². The fraction of sp³-hybridized carbons (Fsp3) is 0.936. The highest BCUT2D eigenvalue weighted by Gasteiger charge is 2.45. The molecule has 0 aliphatic carbocycles. The van der Waals surface area contributed by atoms with Gasteiger partial charge in [0.1, 0.15) is 30.5 Å². The topological polar surface area (TPSA) is 186 Å². The van der Waals surface area contributed by atoms with Crippen LogP contribution in [0.3, 0.4) is 0 Å². The van der Waals surface area contributed by atoms with Crippen molar-refractivity contribution < 1.29 is 49.4 Å². The molecule has 2 saturated heterocycles. The second-order valence-corrected chi connectivity index (χ2v) is 19.1. The predicted octanol–water partition coefficient (Wildman–Crippen LogP) is 8.29. The lowest BCUT2D eigenvalue weighted by Gasteiger charge is -2.40. The molecule has 0 radical (unpaired) electrons. The number of hydrogen-bond acceptors (Lipinski definition) is 10. The van der Waals surface area contributed by atoms with Crippen molar-refractivity contribution >= 4 is 29.5 Å². The van der Waals surface area contributed by atoms with Crippen LogP contribution >= 0.6 is 11.8 Å². The summed E-state index contributed by atoms with van der Waals surface area (Å²) in [5, 5.41) is 52.4. The van der Waals surface area contributed by atoms with E-state index in [-0.39, 0.29) is 25.4 Å². The average molecular weight is 873 g/mol. The van der Waals surface area contributed by atoms with E-state index in [4.69, 9.17) is 9.47 Å². The fourth-order valence-corrected chi connectivity index (χ4v) is 9.64. The van der Waals surface area contributed by atoms with Gasteiger partial charge in [-0.2, -0.15) is 0 Å². The number of carboxylic acid groups (broad SMARTS) is 1. The van der Waals surface area contributed by atoms with Crippen molar-refractivity contribution in [3.8, 4) is 0 Å². The smallest absolute Gasteiger partial charge is 0.303 e. The molecular weight excluding hydrogens is 785 g/mol. The number of aliphatic carboxylic acids is 1. The maximum atomic E-state index is 14.5. The highest BCUT2D eigenvalue weighted by atomic mass is 32.2. The van der Waals surface area contributed by atoms with Gasteiger partial charge in [0.2, 0.25) is 11.8 Å². The van der Waals surface area contributed by atoms with Gasteiger partial charge < -0.3 is 45.2 Å². The molecule has 0 saturated carbocycles. The Bertz CT molecular complexity index is 1070. The molecule has 2 heterocycles. The summed E-state index contributed by atoms with van der Waals surface area (Å²) in [6, 6.07) is -1.16. The number of amides is 2. The van der Waals surface area contributed by atoms with Crippen molar-refractivity contribution in [2.45, 2.75) is 242 Å². The number of nitrogens with one attached hydrogen (secondary N) is 1. The van der Waals surface area contributed by atoms with Crippen molar-refractivity contribution in [2.24, 2.45) is 5.92 Å². The number of aliphatic hydroxyl groups is 4. The number of thioether (sulfide) groups is 1. The zero-order valence-electron chi connectivity index (χ0n) is 37.8. The first-order valence-electron chi connectivity index (χ1n) is 24.5. The van der Waals surface area contributed by atoms with Crippen molar-refractivity contribution in [3.05, 3.63) is 0 Å². The molecule has 6 N–H and O–H groups in total. The summed E-state index contributed by atoms with van der Waals surface area (Å²) in [5.41, 5.74) is 0. The van der Waals surface area contributed by atoms with Crippen LogP contribution in [0, 0.1) is 5.92 Å². The van der Waals surface area contributed by atoms with Gasteiger partial charge in [-0.15, -0.1) is 11.8 Å². The molecule has 6 unspecified atom stereocenters. The molecule has 352 valence electrons. The van der Waals surface area contributed by atoms with Crippen molar-refractivity contribution in [1.82, 2.24) is 10.2 Å². The predicted molar refractivity (Wildman–Crippen MR) is 241 cm³/mol. The second-order valence-electron chi connectivity index (χ2n) is 17.7. The summed E-state index contributed by atoms with van der Waals surface area (Å²) >= 11 is 1.40. The van der Waals surface area contributed by atoms with Gasteiger partial charge in [-0.1, -0.05) is 168 Å². The molecule has 2 amide bonds. The Morgan fingerprint density at radius 2 is 1.23 bits per heavy atom. The Hall–Kier alpha value is -1.48.